The molecule has 0 amide bonds. The van der Waals surface area contributed by atoms with E-state index in [0.29, 0.717) is 18.7 Å². The first kappa shape index (κ1) is 17.2. The highest BCUT2D eigenvalue weighted by atomic mass is 16.4. The van der Waals surface area contributed by atoms with E-state index in [4.69, 9.17) is 0 Å². The maximum atomic E-state index is 12.6. The van der Waals surface area contributed by atoms with Gasteiger partial charge in [-0.1, -0.05) is 30.4 Å². The topological polar surface area (TPSA) is 57.6 Å². The van der Waals surface area contributed by atoms with Crippen molar-refractivity contribution in [2.45, 2.75) is 0 Å². The Morgan fingerprint density at radius 2 is 1.46 bits per heavy atom. The number of hydrogen-bond acceptors (Lipinski definition) is 3. The maximum Gasteiger partial charge on any atom is 0.336 e. The molecule has 2 rings (SSSR count). The summed E-state index contributed by atoms with van der Waals surface area (Å²) < 4.78 is 0. The summed E-state index contributed by atoms with van der Waals surface area (Å²) in [5.41, 5.74) is 1.58. The summed E-state index contributed by atoms with van der Waals surface area (Å²) in [6.45, 7) is 8.80. The number of benzene rings is 2. The molecule has 4 nitrogen and oxygen atoms in total. The van der Waals surface area contributed by atoms with Crippen molar-refractivity contribution < 1.29 is 14.7 Å². The average molecular weight is 321 g/mol. The Labute approximate surface area is 141 Å². The van der Waals surface area contributed by atoms with Gasteiger partial charge in [-0.2, -0.15) is 0 Å². The fraction of sp³-hybridized carbons (Fsp3) is 0.100. The Morgan fingerprint density at radius 3 is 1.96 bits per heavy atom. The minimum absolute atomic E-state index is 0.00603. The number of carbonyl (C=O) groups excluding carboxylic acids is 1. The van der Waals surface area contributed by atoms with Gasteiger partial charge in [0.05, 0.1) is 5.56 Å². The minimum atomic E-state index is -1.11. The lowest BCUT2D eigenvalue weighted by Crippen LogP contribution is -2.23. The number of anilines is 1. The van der Waals surface area contributed by atoms with E-state index in [2.05, 4.69) is 18.1 Å². The molecular weight excluding hydrogens is 302 g/mol. The summed E-state index contributed by atoms with van der Waals surface area (Å²) in [4.78, 5) is 25.9. The predicted molar refractivity (Wildman–Crippen MR) is 95.9 cm³/mol. The first-order valence-electron chi connectivity index (χ1n) is 7.52. The molecule has 0 spiro atoms. The zero-order valence-corrected chi connectivity index (χ0v) is 13.3. The Balaban J connectivity index is 2.31. The molecule has 0 bridgehead atoms. The quantitative estimate of drug-likeness (QED) is 0.593. The number of aromatic carboxylic acids is 1. The van der Waals surface area contributed by atoms with Crippen LogP contribution in [0.4, 0.5) is 5.69 Å². The lowest BCUT2D eigenvalue weighted by Gasteiger charge is -2.21. The first-order valence-corrected chi connectivity index (χ1v) is 7.52. The molecule has 0 aliphatic rings. The van der Waals surface area contributed by atoms with E-state index in [0.717, 1.165) is 5.69 Å². The van der Waals surface area contributed by atoms with Crippen LogP contribution < -0.4 is 4.90 Å². The van der Waals surface area contributed by atoms with E-state index in [9.17, 15) is 14.7 Å². The zero-order chi connectivity index (χ0) is 17.5. The molecule has 0 saturated carbocycles. The van der Waals surface area contributed by atoms with Gasteiger partial charge in [-0.25, -0.2) is 4.79 Å². The fourth-order valence-electron chi connectivity index (χ4n) is 2.44. The predicted octanol–water partition coefficient (Wildman–Crippen LogP) is 3.79. The summed E-state index contributed by atoms with van der Waals surface area (Å²) in [5, 5.41) is 9.22. The van der Waals surface area contributed by atoms with Gasteiger partial charge in [0.1, 0.15) is 0 Å². The van der Waals surface area contributed by atoms with E-state index in [1.54, 1.807) is 36.4 Å². The van der Waals surface area contributed by atoms with Crippen molar-refractivity contribution in [1.29, 1.82) is 0 Å². The Bertz CT molecular complexity index is 753. The Hall–Kier alpha value is -3.14. The maximum absolute atomic E-state index is 12.6. The average Bonchev–Trinajstić information content (AvgIpc) is 2.61. The third-order valence-corrected chi connectivity index (χ3v) is 3.60. The molecule has 24 heavy (non-hydrogen) atoms. The summed E-state index contributed by atoms with van der Waals surface area (Å²) >= 11 is 0. The zero-order valence-electron chi connectivity index (χ0n) is 13.3. The number of carboxylic acids is 1. The highest BCUT2D eigenvalue weighted by Crippen LogP contribution is 2.19. The van der Waals surface area contributed by atoms with Crippen molar-refractivity contribution in [1.82, 2.24) is 0 Å². The van der Waals surface area contributed by atoms with Crippen LogP contribution in [0.2, 0.25) is 0 Å². The number of hydrogen-bond donors (Lipinski definition) is 1. The molecule has 0 atom stereocenters. The fourth-order valence-corrected chi connectivity index (χ4v) is 2.44. The molecule has 2 aromatic rings. The van der Waals surface area contributed by atoms with Gasteiger partial charge in [-0.15, -0.1) is 13.2 Å². The standard InChI is InChI=1S/C20H19NO3/c1-3-13-21(14-4-2)16-11-9-15(10-12-16)19(22)17-7-5-6-8-18(17)20(23)24/h3-12H,1-2,13-14H2,(H,23,24). The van der Waals surface area contributed by atoms with Crippen LogP contribution in [0.25, 0.3) is 0 Å². The highest BCUT2D eigenvalue weighted by Gasteiger charge is 2.17. The number of ketones is 1. The normalized spacial score (nSPS) is 10.0. The number of nitrogens with zero attached hydrogens (tertiary/aromatic N) is 1. The molecule has 0 aliphatic carbocycles. The Kier molecular flexibility index (Phi) is 5.68. The first-order chi connectivity index (χ1) is 11.6. The molecule has 1 N–H and O–H groups in total. The molecule has 2 aromatic carbocycles. The Morgan fingerprint density at radius 1 is 0.917 bits per heavy atom. The van der Waals surface area contributed by atoms with Gasteiger partial charge < -0.3 is 10.0 Å². The van der Waals surface area contributed by atoms with Gasteiger partial charge in [0.25, 0.3) is 0 Å². The van der Waals surface area contributed by atoms with Crippen molar-refractivity contribution in [3.8, 4) is 0 Å². The van der Waals surface area contributed by atoms with Crippen LogP contribution in [0.15, 0.2) is 73.8 Å². The molecule has 0 heterocycles. The second-order valence-corrected chi connectivity index (χ2v) is 5.21. The van der Waals surface area contributed by atoms with Gasteiger partial charge in [0.2, 0.25) is 0 Å². The second kappa shape index (κ2) is 7.92. The van der Waals surface area contributed by atoms with E-state index < -0.39 is 5.97 Å². The van der Waals surface area contributed by atoms with Gasteiger partial charge in [-0.05, 0) is 30.3 Å². The van der Waals surface area contributed by atoms with E-state index in [1.807, 2.05) is 12.1 Å². The van der Waals surface area contributed by atoms with Crippen molar-refractivity contribution in [2.75, 3.05) is 18.0 Å². The van der Waals surface area contributed by atoms with Gasteiger partial charge in [0.15, 0.2) is 5.78 Å². The molecule has 0 unspecified atom stereocenters. The minimum Gasteiger partial charge on any atom is -0.478 e. The molecule has 0 radical (unpaired) electrons. The van der Waals surface area contributed by atoms with Crippen LogP contribution >= 0.6 is 0 Å². The number of carbonyl (C=O) groups is 2. The van der Waals surface area contributed by atoms with Crippen LogP contribution in [0.1, 0.15) is 26.3 Å². The van der Waals surface area contributed by atoms with Crippen molar-refractivity contribution in [3.05, 3.63) is 90.5 Å². The molecular formula is C20H19NO3. The third kappa shape index (κ3) is 3.79. The smallest absolute Gasteiger partial charge is 0.336 e. The largest absolute Gasteiger partial charge is 0.478 e. The number of carboxylic acid groups (broad SMARTS) is 1. The summed E-state index contributed by atoms with van der Waals surface area (Å²) in [5.74, 6) is -1.42. The molecule has 4 heteroatoms. The highest BCUT2D eigenvalue weighted by molar-refractivity contribution is 6.14. The van der Waals surface area contributed by atoms with Crippen LogP contribution in [0.3, 0.4) is 0 Å². The molecule has 0 fully saturated rings. The lowest BCUT2D eigenvalue weighted by atomic mass is 9.98. The van der Waals surface area contributed by atoms with Crippen LogP contribution in [-0.4, -0.2) is 29.9 Å². The molecule has 122 valence electrons. The number of rotatable bonds is 8. The van der Waals surface area contributed by atoms with Crippen LogP contribution in [-0.2, 0) is 0 Å². The SMILES string of the molecule is C=CCN(CC=C)c1ccc(C(=O)c2ccccc2C(=O)O)cc1. The molecule has 0 saturated heterocycles. The lowest BCUT2D eigenvalue weighted by molar-refractivity contribution is 0.0693. The molecule has 0 aliphatic heterocycles. The third-order valence-electron chi connectivity index (χ3n) is 3.60. The van der Waals surface area contributed by atoms with Crippen molar-refractivity contribution in [2.24, 2.45) is 0 Å². The van der Waals surface area contributed by atoms with E-state index in [-0.39, 0.29) is 16.9 Å². The summed E-state index contributed by atoms with van der Waals surface area (Å²) in [6.07, 6.45) is 3.59. The second-order valence-electron chi connectivity index (χ2n) is 5.21. The summed E-state index contributed by atoms with van der Waals surface area (Å²) in [7, 11) is 0. The summed E-state index contributed by atoms with van der Waals surface area (Å²) in [6, 6.07) is 13.3. The van der Waals surface area contributed by atoms with Crippen LogP contribution in [0.5, 0.6) is 0 Å². The monoisotopic (exact) mass is 321 g/mol. The van der Waals surface area contributed by atoms with Crippen molar-refractivity contribution >= 4 is 17.4 Å². The van der Waals surface area contributed by atoms with Gasteiger partial charge in [0, 0.05) is 29.9 Å². The molecule has 0 aromatic heterocycles. The van der Waals surface area contributed by atoms with Gasteiger partial charge >= 0.3 is 5.97 Å². The van der Waals surface area contributed by atoms with E-state index >= 15 is 0 Å². The van der Waals surface area contributed by atoms with Crippen LogP contribution in [0, 0.1) is 0 Å². The van der Waals surface area contributed by atoms with Gasteiger partial charge in [-0.3, -0.25) is 4.79 Å². The van der Waals surface area contributed by atoms with E-state index in [1.165, 1.54) is 12.1 Å². The van der Waals surface area contributed by atoms with Crippen molar-refractivity contribution in [3.63, 3.8) is 0 Å².